The van der Waals surface area contributed by atoms with Gasteiger partial charge in [0.05, 0.1) is 12.5 Å². The number of carbonyl (C=O) groups excluding carboxylic acids is 1. The molecule has 0 saturated carbocycles. The molecule has 2 unspecified atom stereocenters. The Morgan fingerprint density at radius 1 is 1.67 bits per heavy atom. The maximum Gasteiger partial charge on any atom is 0.304 e. The molecule has 0 aliphatic carbocycles. The van der Waals surface area contributed by atoms with Gasteiger partial charge in [0.15, 0.2) is 0 Å². The number of carboxylic acids is 1. The molecule has 1 rings (SSSR count). The number of rotatable bonds is 4. The molecule has 0 aromatic carbocycles. The molecule has 15 heavy (non-hydrogen) atoms. The number of thioether (sulfide) groups is 1. The molecule has 0 aromatic rings. The van der Waals surface area contributed by atoms with Gasteiger partial charge in [-0.15, -0.1) is 0 Å². The third-order valence-electron chi connectivity index (χ3n) is 2.59. The summed E-state index contributed by atoms with van der Waals surface area (Å²) in [5.74, 6) is 0.457. The third-order valence-corrected chi connectivity index (χ3v) is 3.68. The fraction of sp³-hybridized carbons (Fsp3) is 0.778. The number of nitrogens with zero attached hydrogens (tertiary/aromatic N) is 1. The van der Waals surface area contributed by atoms with Gasteiger partial charge in [-0.1, -0.05) is 0 Å². The van der Waals surface area contributed by atoms with Crippen LogP contribution >= 0.6 is 11.8 Å². The Hall–Kier alpha value is -0.750. The zero-order valence-electron chi connectivity index (χ0n) is 8.68. The first-order chi connectivity index (χ1) is 7.02. The molecule has 1 saturated heterocycles. The van der Waals surface area contributed by atoms with Gasteiger partial charge < -0.3 is 10.8 Å². The second kappa shape index (κ2) is 5.37. The van der Waals surface area contributed by atoms with Gasteiger partial charge >= 0.3 is 5.97 Å². The fourth-order valence-corrected chi connectivity index (χ4v) is 2.81. The molecular formula is C9H16N2O3S. The lowest BCUT2D eigenvalue weighted by molar-refractivity contribution is -0.139. The highest BCUT2D eigenvalue weighted by Crippen LogP contribution is 2.21. The van der Waals surface area contributed by atoms with E-state index in [0.717, 1.165) is 18.1 Å². The van der Waals surface area contributed by atoms with Crippen LogP contribution in [-0.4, -0.2) is 52.0 Å². The molecule has 1 amide bonds. The number of carboxylic acid groups (broad SMARTS) is 1. The summed E-state index contributed by atoms with van der Waals surface area (Å²) in [5.41, 5.74) is 5.23. The normalized spacial score (nSPS) is 24.7. The number of nitrogens with two attached hydrogens (primary N) is 1. The summed E-state index contributed by atoms with van der Waals surface area (Å²) in [7, 11) is 0. The van der Waals surface area contributed by atoms with E-state index in [4.69, 9.17) is 10.8 Å². The Labute approximate surface area is 93.0 Å². The number of hydrogen-bond acceptors (Lipinski definition) is 4. The standard InChI is InChI=1S/C9H16N2O3S/c1-6(9(10)14)11-2-3-15-5-7(11)4-8(12)13/h6-7H,2-5H2,1H3,(H2,10,14)(H,12,13). The van der Waals surface area contributed by atoms with E-state index in [1.54, 1.807) is 18.7 Å². The predicted octanol–water partition coefficient (Wildman–Crippen LogP) is -0.248. The molecule has 1 aliphatic heterocycles. The lowest BCUT2D eigenvalue weighted by atomic mass is 10.1. The van der Waals surface area contributed by atoms with Crippen molar-refractivity contribution in [2.24, 2.45) is 5.73 Å². The quantitative estimate of drug-likeness (QED) is 0.698. The first-order valence-electron chi connectivity index (χ1n) is 4.87. The SMILES string of the molecule is CC(C(N)=O)N1CCSCC1CC(=O)O. The maximum atomic E-state index is 11.1. The van der Waals surface area contributed by atoms with Crippen LogP contribution in [-0.2, 0) is 9.59 Å². The van der Waals surface area contributed by atoms with Crippen LogP contribution in [0.5, 0.6) is 0 Å². The van der Waals surface area contributed by atoms with E-state index in [-0.39, 0.29) is 18.5 Å². The molecule has 3 N–H and O–H groups in total. The van der Waals surface area contributed by atoms with Crippen LogP contribution in [0.1, 0.15) is 13.3 Å². The summed E-state index contributed by atoms with van der Waals surface area (Å²) in [6.07, 6.45) is 0.0740. The van der Waals surface area contributed by atoms with Gasteiger partial charge in [-0.25, -0.2) is 0 Å². The van der Waals surface area contributed by atoms with Crippen molar-refractivity contribution in [3.63, 3.8) is 0 Å². The van der Waals surface area contributed by atoms with Gasteiger partial charge in [0.1, 0.15) is 0 Å². The molecule has 6 heteroatoms. The first kappa shape index (κ1) is 12.3. The van der Waals surface area contributed by atoms with Gasteiger partial charge in [-0.3, -0.25) is 14.5 Å². The minimum Gasteiger partial charge on any atom is -0.481 e. The summed E-state index contributed by atoms with van der Waals surface area (Å²) in [5, 5.41) is 8.75. The number of hydrogen-bond donors (Lipinski definition) is 2. The molecule has 1 heterocycles. The summed E-state index contributed by atoms with van der Waals surface area (Å²) in [6.45, 7) is 2.46. The topological polar surface area (TPSA) is 83.6 Å². The van der Waals surface area contributed by atoms with Crippen LogP contribution in [0.4, 0.5) is 0 Å². The summed E-state index contributed by atoms with van der Waals surface area (Å²) >= 11 is 1.72. The molecule has 1 fully saturated rings. The van der Waals surface area contributed by atoms with Crippen LogP contribution in [0.2, 0.25) is 0 Å². The third kappa shape index (κ3) is 3.39. The lowest BCUT2D eigenvalue weighted by Gasteiger charge is -2.37. The molecule has 2 atom stereocenters. The maximum absolute atomic E-state index is 11.1. The van der Waals surface area contributed by atoms with Crippen LogP contribution in [0.25, 0.3) is 0 Å². The average molecular weight is 232 g/mol. The van der Waals surface area contributed by atoms with Crippen molar-refractivity contribution < 1.29 is 14.7 Å². The molecular weight excluding hydrogens is 216 g/mol. The van der Waals surface area contributed by atoms with Crippen LogP contribution in [0.3, 0.4) is 0 Å². The van der Waals surface area contributed by atoms with Crippen molar-refractivity contribution in [1.29, 1.82) is 0 Å². The minimum atomic E-state index is -0.829. The van der Waals surface area contributed by atoms with Crippen molar-refractivity contribution in [2.75, 3.05) is 18.1 Å². The van der Waals surface area contributed by atoms with Crippen LogP contribution in [0.15, 0.2) is 0 Å². The second-order valence-electron chi connectivity index (χ2n) is 3.64. The smallest absolute Gasteiger partial charge is 0.304 e. The Balaban J connectivity index is 2.64. The van der Waals surface area contributed by atoms with Crippen molar-refractivity contribution in [3.05, 3.63) is 0 Å². The first-order valence-corrected chi connectivity index (χ1v) is 6.02. The van der Waals surface area contributed by atoms with Crippen molar-refractivity contribution in [3.8, 4) is 0 Å². The summed E-state index contributed by atoms with van der Waals surface area (Å²) in [6, 6.07) is -0.459. The monoisotopic (exact) mass is 232 g/mol. The number of aliphatic carboxylic acids is 1. The van der Waals surface area contributed by atoms with Gasteiger partial charge in [0, 0.05) is 24.1 Å². The van der Waals surface area contributed by atoms with Gasteiger partial charge in [0.25, 0.3) is 0 Å². The molecule has 1 aliphatic rings. The van der Waals surface area contributed by atoms with Gasteiger partial charge in [0.2, 0.25) is 5.91 Å². The molecule has 0 bridgehead atoms. The largest absolute Gasteiger partial charge is 0.481 e. The van der Waals surface area contributed by atoms with Crippen molar-refractivity contribution in [2.45, 2.75) is 25.4 Å². The Morgan fingerprint density at radius 2 is 2.33 bits per heavy atom. The zero-order valence-corrected chi connectivity index (χ0v) is 9.50. The van der Waals surface area contributed by atoms with Crippen molar-refractivity contribution in [1.82, 2.24) is 4.90 Å². The molecule has 0 radical (unpaired) electrons. The highest BCUT2D eigenvalue weighted by Gasteiger charge is 2.30. The van der Waals surface area contributed by atoms with Crippen LogP contribution < -0.4 is 5.73 Å². The summed E-state index contributed by atoms with van der Waals surface area (Å²) < 4.78 is 0. The molecule has 0 spiro atoms. The summed E-state index contributed by atoms with van der Waals surface area (Å²) in [4.78, 5) is 23.6. The van der Waals surface area contributed by atoms with Crippen molar-refractivity contribution >= 4 is 23.6 Å². The van der Waals surface area contributed by atoms with Crippen LogP contribution in [0, 0.1) is 0 Å². The minimum absolute atomic E-state index is 0.0740. The highest BCUT2D eigenvalue weighted by atomic mass is 32.2. The Morgan fingerprint density at radius 3 is 2.87 bits per heavy atom. The number of primary amides is 1. The van der Waals surface area contributed by atoms with E-state index in [1.807, 2.05) is 4.90 Å². The van der Waals surface area contributed by atoms with E-state index < -0.39 is 11.9 Å². The predicted molar refractivity (Wildman–Crippen MR) is 58.7 cm³/mol. The number of carbonyl (C=O) groups is 2. The second-order valence-corrected chi connectivity index (χ2v) is 4.79. The Kier molecular flexibility index (Phi) is 4.41. The average Bonchev–Trinajstić information content (AvgIpc) is 2.16. The van der Waals surface area contributed by atoms with E-state index in [9.17, 15) is 9.59 Å². The van der Waals surface area contributed by atoms with Gasteiger partial charge in [-0.05, 0) is 6.92 Å². The van der Waals surface area contributed by atoms with E-state index in [0.29, 0.717) is 0 Å². The molecule has 86 valence electrons. The fourth-order valence-electron chi connectivity index (χ4n) is 1.72. The lowest BCUT2D eigenvalue weighted by Crippen LogP contribution is -2.52. The zero-order chi connectivity index (χ0) is 11.4. The highest BCUT2D eigenvalue weighted by molar-refractivity contribution is 7.99. The molecule has 5 nitrogen and oxygen atoms in total. The van der Waals surface area contributed by atoms with Gasteiger partial charge in [-0.2, -0.15) is 11.8 Å². The van der Waals surface area contributed by atoms with E-state index in [2.05, 4.69) is 0 Å². The van der Waals surface area contributed by atoms with E-state index >= 15 is 0 Å². The molecule has 0 aromatic heterocycles. The Bertz CT molecular complexity index is 260. The number of amides is 1. The van der Waals surface area contributed by atoms with E-state index in [1.165, 1.54) is 0 Å².